The van der Waals surface area contributed by atoms with E-state index in [0.717, 1.165) is 12.8 Å². The molecule has 0 bridgehead atoms. The second-order valence-corrected chi connectivity index (χ2v) is 3.68. The van der Waals surface area contributed by atoms with Crippen LogP contribution in [0.3, 0.4) is 0 Å². The Kier molecular flexibility index (Phi) is 3.96. The lowest BCUT2D eigenvalue weighted by Crippen LogP contribution is -2.12. The Labute approximate surface area is 86.2 Å². The van der Waals surface area contributed by atoms with Gasteiger partial charge in [0, 0.05) is 26.4 Å². The van der Waals surface area contributed by atoms with E-state index in [2.05, 4.69) is 30.0 Å². The Bertz CT molecular complexity index is 294. The Morgan fingerprint density at radius 3 is 2.50 bits per heavy atom. The molecule has 14 heavy (non-hydrogen) atoms. The Balaban J connectivity index is 3.03. The van der Waals surface area contributed by atoms with Crippen LogP contribution in [-0.2, 0) is 12.8 Å². The van der Waals surface area contributed by atoms with Crippen LogP contribution in [0.1, 0.15) is 18.1 Å². The van der Waals surface area contributed by atoms with Crippen molar-refractivity contribution in [3.8, 4) is 0 Å². The predicted octanol–water partition coefficient (Wildman–Crippen LogP) is 1.85. The number of rotatable bonds is 4. The SMILES string of the molecule is CCc1ccc(N(C)C)c(CCO)c1. The lowest BCUT2D eigenvalue weighted by Gasteiger charge is -2.18. The molecule has 0 radical (unpaired) electrons. The molecule has 1 aromatic rings. The molecule has 0 aliphatic carbocycles. The van der Waals surface area contributed by atoms with Crippen LogP contribution in [0.5, 0.6) is 0 Å². The highest BCUT2D eigenvalue weighted by atomic mass is 16.2. The molecular formula is C12H19NO. The first-order valence-corrected chi connectivity index (χ1v) is 5.09. The van der Waals surface area contributed by atoms with E-state index >= 15 is 0 Å². The van der Waals surface area contributed by atoms with E-state index < -0.39 is 0 Å². The van der Waals surface area contributed by atoms with Crippen molar-refractivity contribution in [3.63, 3.8) is 0 Å². The van der Waals surface area contributed by atoms with Gasteiger partial charge >= 0.3 is 0 Å². The van der Waals surface area contributed by atoms with Crippen molar-refractivity contribution in [2.24, 2.45) is 0 Å². The van der Waals surface area contributed by atoms with Crippen LogP contribution < -0.4 is 4.90 Å². The summed E-state index contributed by atoms with van der Waals surface area (Å²) < 4.78 is 0. The third kappa shape index (κ3) is 2.48. The summed E-state index contributed by atoms with van der Waals surface area (Å²) in [5, 5.41) is 8.97. The molecule has 2 heteroatoms. The van der Waals surface area contributed by atoms with Crippen LogP contribution in [0.2, 0.25) is 0 Å². The minimum atomic E-state index is 0.216. The van der Waals surface area contributed by atoms with Crippen molar-refractivity contribution in [1.29, 1.82) is 0 Å². The number of benzene rings is 1. The molecule has 0 atom stereocenters. The van der Waals surface area contributed by atoms with Gasteiger partial charge in [0.25, 0.3) is 0 Å². The van der Waals surface area contributed by atoms with Crippen molar-refractivity contribution >= 4 is 5.69 Å². The van der Waals surface area contributed by atoms with E-state index in [1.807, 2.05) is 14.1 Å². The summed E-state index contributed by atoms with van der Waals surface area (Å²) in [5.74, 6) is 0. The first-order chi connectivity index (χ1) is 6.69. The third-order valence-corrected chi connectivity index (χ3v) is 2.42. The van der Waals surface area contributed by atoms with Gasteiger partial charge in [-0.1, -0.05) is 19.1 Å². The smallest absolute Gasteiger partial charge is 0.0472 e. The minimum Gasteiger partial charge on any atom is -0.396 e. The van der Waals surface area contributed by atoms with Crippen molar-refractivity contribution in [2.45, 2.75) is 19.8 Å². The summed E-state index contributed by atoms with van der Waals surface area (Å²) in [4.78, 5) is 2.09. The van der Waals surface area contributed by atoms with Crippen LogP contribution in [0.25, 0.3) is 0 Å². The van der Waals surface area contributed by atoms with Crippen LogP contribution >= 0.6 is 0 Å². The maximum absolute atomic E-state index is 8.97. The fourth-order valence-electron chi connectivity index (χ4n) is 1.62. The fourth-order valence-corrected chi connectivity index (χ4v) is 1.62. The molecule has 0 amide bonds. The van der Waals surface area contributed by atoms with E-state index in [1.54, 1.807) is 0 Å². The fraction of sp³-hybridized carbons (Fsp3) is 0.500. The molecular weight excluding hydrogens is 174 g/mol. The van der Waals surface area contributed by atoms with Gasteiger partial charge in [-0.05, 0) is 30.0 Å². The zero-order valence-electron chi connectivity index (χ0n) is 9.25. The monoisotopic (exact) mass is 193 g/mol. The topological polar surface area (TPSA) is 23.5 Å². The molecule has 1 aromatic carbocycles. The van der Waals surface area contributed by atoms with Gasteiger partial charge in [-0.25, -0.2) is 0 Å². The Morgan fingerprint density at radius 1 is 1.29 bits per heavy atom. The molecule has 1 N–H and O–H groups in total. The number of aliphatic hydroxyl groups is 1. The number of hydrogen-bond acceptors (Lipinski definition) is 2. The predicted molar refractivity (Wildman–Crippen MR) is 60.9 cm³/mol. The third-order valence-electron chi connectivity index (χ3n) is 2.42. The maximum Gasteiger partial charge on any atom is 0.0472 e. The van der Waals surface area contributed by atoms with E-state index in [0.29, 0.717) is 0 Å². The summed E-state index contributed by atoms with van der Waals surface area (Å²) in [6.07, 6.45) is 1.79. The first kappa shape index (κ1) is 11.1. The molecule has 78 valence electrons. The van der Waals surface area contributed by atoms with Crippen molar-refractivity contribution < 1.29 is 5.11 Å². The Morgan fingerprint density at radius 2 is 2.00 bits per heavy atom. The summed E-state index contributed by atoms with van der Waals surface area (Å²) in [6, 6.07) is 6.46. The van der Waals surface area contributed by atoms with Crippen molar-refractivity contribution in [1.82, 2.24) is 0 Å². The quantitative estimate of drug-likeness (QED) is 0.789. The second kappa shape index (κ2) is 5.01. The van der Waals surface area contributed by atoms with Crippen LogP contribution in [0.15, 0.2) is 18.2 Å². The number of anilines is 1. The highest BCUT2D eigenvalue weighted by molar-refractivity contribution is 5.54. The summed E-state index contributed by atoms with van der Waals surface area (Å²) in [6.45, 7) is 2.36. The summed E-state index contributed by atoms with van der Waals surface area (Å²) >= 11 is 0. The number of aliphatic hydroxyl groups excluding tert-OH is 1. The van der Waals surface area contributed by atoms with E-state index in [4.69, 9.17) is 5.11 Å². The highest BCUT2D eigenvalue weighted by Gasteiger charge is 2.04. The van der Waals surface area contributed by atoms with Crippen molar-refractivity contribution in [3.05, 3.63) is 29.3 Å². The molecule has 0 saturated heterocycles. The zero-order chi connectivity index (χ0) is 10.6. The molecule has 0 aliphatic heterocycles. The molecule has 1 rings (SSSR count). The molecule has 0 spiro atoms. The zero-order valence-corrected chi connectivity index (χ0v) is 9.25. The van der Waals surface area contributed by atoms with Gasteiger partial charge in [-0.2, -0.15) is 0 Å². The second-order valence-electron chi connectivity index (χ2n) is 3.68. The van der Waals surface area contributed by atoms with Crippen LogP contribution in [0.4, 0.5) is 5.69 Å². The minimum absolute atomic E-state index is 0.216. The van der Waals surface area contributed by atoms with E-state index in [1.165, 1.54) is 16.8 Å². The van der Waals surface area contributed by atoms with Gasteiger partial charge in [0.2, 0.25) is 0 Å². The molecule has 2 nitrogen and oxygen atoms in total. The van der Waals surface area contributed by atoms with Gasteiger partial charge in [0.15, 0.2) is 0 Å². The van der Waals surface area contributed by atoms with Crippen LogP contribution in [0, 0.1) is 0 Å². The average Bonchev–Trinajstić information content (AvgIpc) is 2.17. The lowest BCUT2D eigenvalue weighted by molar-refractivity contribution is 0.299. The molecule has 0 aromatic heterocycles. The first-order valence-electron chi connectivity index (χ1n) is 5.09. The number of nitrogens with zero attached hydrogens (tertiary/aromatic N) is 1. The van der Waals surface area contributed by atoms with Crippen molar-refractivity contribution in [2.75, 3.05) is 25.6 Å². The standard InChI is InChI=1S/C12H19NO/c1-4-10-5-6-12(13(2)3)11(9-10)7-8-14/h5-6,9,14H,4,7-8H2,1-3H3. The number of hydrogen-bond donors (Lipinski definition) is 1. The molecule has 0 heterocycles. The number of aryl methyl sites for hydroxylation is 1. The van der Waals surface area contributed by atoms with E-state index in [9.17, 15) is 0 Å². The van der Waals surface area contributed by atoms with Gasteiger partial charge in [0.05, 0.1) is 0 Å². The van der Waals surface area contributed by atoms with Gasteiger partial charge in [-0.15, -0.1) is 0 Å². The van der Waals surface area contributed by atoms with Gasteiger partial charge in [0.1, 0.15) is 0 Å². The molecule has 0 fully saturated rings. The van der Waals surface area contributed by atoms with Crippen LogP contribution in [-0.4, -0.2) is 25.8 Å². The van der Waals surface area contributed by atoms with Gasteiger partial charge < -0.3 is 10.0 Å². The largest absolute Gasteiger partial charge is 0.396 e. The van der Waals surface area contributed by atoms with Gasteiger partial charge in [-0.3, -0.25) is 0 Å². The molecule has 0 unspecified atom stereocenters. The summed E-state index contributed by atoms with van der Waals surface area (Å²) in [5.41, 5.74) is 3.77. The normalized spacial score (nSPS) is 10.3. The average molecular weight is 193 g/mol. The summed E-state index contributed by atoms with van der Waals surface area (Å²) in [7, 11) is 4.06. The molecule has 0 saturated carbocycles. The Hall–Kier alpha value is -1.02. The maximum atomic E-state index is 8.97. The molecule has 0 aliphatic rings. The lowest BCUT2D eigenvalue weighted by atomic mass is 10.0. The highest BCUT2D eigenvalue weighted by Crippen LogP contribution is 2.20. The van der Waals surface area contributed by atoms with E-state index in [-0.39, 0.29) is 6.61 Å².